The van der Waals surface area contributed by atoms with E-state index in [4.69, 9.17) is 10.9 Å². The zero-order valence-electron chi connectivity index (χ0n) is 10.2. The normalized spacial score (nSPS) is 12.5. The largest absolute Gasteiger partial charge is 0.395 e. The molecule has 0 bridgehead atoms. The molecular weight excluding hydrogens is 218 g/mol. The Labute approximate surface area is 101 Å². The van der Waals surface area contributed by atoms with E-state index >= 15 is 0 Å². The van der Waals surface area contributed by atoms with Crippen LogP contribution in [0, 0.1) is 0 Å². The molecule has 1 rings (SSSR count). The van der Waals surface area contributed by atoms with Crippen LogP contribution in [0.2, 0.25) is 0 Å². The lowest BCUT2D eigenvalue weighted by Gasteiger charge is -2.22. The van der Waals surface area contributed by atoms with Crippen LogP contribution in [0.25, 0.3) is 0 Å². The quantitative estimate of drug-likeness (QED) is 0.385. The van der Waals surface area contributed by atoms with Crippen molar-refractivity contribution in [2.24, 2.45) is 5.84 Å². The number of hydrazine groups is 1. The molecule has 17 heavy (non-hydrogen) atoms. The predicted molar refractivity (Wildman–Crippen MR) is 66.1 cm³/mol. The third-order valence-electron chi connectivity index (χ3n) is 2.77. The van der Waals surface area contributed by atoms with E-state index in [2.05, 4.69) is 5.43 Å². The van der Waals surface area contributed by atoms with Gasteiger partial charge in [0.15, 0.2) is 0 Å². The minimum Gasteiger partial charge on any atom is -0.395 e. The summed E-state index contributed by atoms with van der Waals surface area (Å²) in [5.74, 6) is 4.78. The number of amides is 1. The van der Waals surface area contributed by atoms with Crippen molar-refractivity contribution in [3.8, 4) is 0 Å². The highest BCUT2D eigenvalue weighted by atomic mass is 16.3. The molecule has 1 aromatic carbocycles. The van der Waals surface area contributed by atoms with Crippen molar-refractivity contribution in [1.29, 1.82) is 0 Å². The van der Waals surface area contributed by atoms with Crippen molar-refractivity contribution in [1.82, 2.24) is 10.3 Å². The number of carbonyl (C=O) groups is 1. The number of nitrogens with two attached hydrogens (primary N) is 1. The van der Waals surface area contributed by atoms with Crippen LogP contribution in [-0.2, 0) is 6.54 Å². The summed E-state index contributed by atoms with van der Waals surface area (Å²) in [7, 11) is 1.93. The van der Waals surface area contributed by atoms with Crippen molar-refractivity contribution in [2.75, 3.05) is 13.7 Å². The molecule has 1 unspecified atom stereocenters. The fourth-order valence-corrected chi connectivity index (χ4v) is 1.48. The van der Waals surface area contributed by atoms with E-state index in [1.807, 2.05) is 31.0 Å². The molecular formula is C12H19N3O2. The Balaban J connectivity index is 2.75. The maximum atomic E-state index is 11.4. The Morgan fingerprint density at radius 1 is 1.59 bits per heavy atom. The summed E-state index contributed by atoms with van der Waals surface area (Å²) in [5, 5.41) is 9.04. The second kappa shape index (κ2) is 6.34. The molecule has 1 amide bonds. The average molecular weight is 237 g/mol. The van der Waals surface area contributed by atoms with Gasteiger partial charge in [0.25, 0.3) is 5.91 Å². The van der Waals surface area contributed by atoms with Crippen LogP contribution in [0.1, 0.15) is 22.8 Å². The molecule has 94 valence electrons. The molecule has 0 radical (unpaired) electrons. The Hall–Kier alpha value is -1.43. The summed E-state index contributed by atoms with van der Waals surface area (Å²) in [6.45, 7) is 2.73. The van der Waals surface area contributed by atoms with Gasteiger partial charge in [0, 0.05) is 18.2 Å². The van der Waals surface area contributed by atoms with Crippen molar-refractivity contribution in [3.63, 3.8) is 0 Å². The third-order valence-corrected chi connectivity index (χ3v) is 2.77. The second-order valence-corrected chi connectivity index (χ2v) is 4.12. The molecule has 0 aliphatic rings. The maximum Gasteiger partial charge on any atom is 0.265 e. The van der Waals surface area contributed by atoms with Crippen LogP contribution in [0.15, 0.2) is 24.3 Å². The van der Waals surface area contributed by atoms with E-state index in [0.29, 0.717) is 12.1 Å². The predicted octanol–water partition coefficient (Wildman–Crippen LogP) is 0.103. The summed E-state index contributed by atoms with van der Waals surface area (Å²) in [4.78, 5) is 13.4. The van der Waals surface area contributed by atoms with Crippen molar-refractivity contribution >= 4 is 5.91 Å². The van der Waals surface area contributed by atoms with Gasteiger partial charge in [0.05, 0.1) is 6.61 Å². The van der Waals surface area contributed by atoms with Gasteiger partial charge in [-0.25, -0.2) is 5.84 Å². The van der Waals surface area contributed by atoms with Crippen LogP contribution in [0.5, 0.6) is 0 Å². The first kappa shape index (κ1) is 13.6. The molecule has 0 aromatic heterocycles. The topological polar surface area (TPSA) is 78.6 Å². The van der Waals surface area contributed by atoms with Crippen molar-refractivity contribution < 1.29 is 9.90 Å². The van der Waals surface area contributed by atoms with Crippen LogP contribution < -0.4 is 11.3 Å². The summed E-state index contributed by atoms with van der Waals surface area (Å²) >= 11 is 0. The maximum absolute atomic E-state index is 11.4. The summed E-state index contributed by atoms with van der Waals surface area (Å²) in [5.41, 5.74) is 3.65. The lowest BCUT2D eigenvalue weighted by molar-refractivity contribution is 0.0953. The van der Waals surface area contributed by atoms with Crippen LogP contribution >= 0.6 is 0 Å². The van der Waals surface area contributed by atoms with Gasteiger partial charge >= 0.3 is 0 Å². The first-order valence-electron chi connectivity index (χ1n) is 5.49. The van der Waals surface area contributed by atoms with Crippen molar-refractivity contribution in [2.45, 2.75) is 19.5 Å². The average Bonchev–Trinajstić information content (AvgIpc) is 2.37. The number of hydrogen-bond acceptors (Lipinski definition) is 4. The highest BCUT2D eigenvalue weighted by Gasteiger charge is 2.09. The molecule has 0 spiro atoms. The number of aliphatic hydroxyl groups excluding tert-OH is 1. The van der Waals surface area contributed by atoms with Gasteiger partial charge in [-0.05, 0) is 31.7 Å². The molecule has 5 heteroatoms. The van der Waals surface area contributed by atoms with E-state index in [1.165, 1.54) is 0 Å². The minimum atomic E-state index is -0.301. The number of carbonyl (C=O) groups excluding carboxylic acids is 1. The molecule has 5 nitrogen and oxygen atoms in total. The smallest absolute Gasteiger partial charge is 0.265 e. The van der Waals surface area contributed by atoms with Crippen LogP contribution in [-0.4, -0.2) is 35.6 Å². The van der Waals surface area contributed by atoms with E-state index in [1.54, 1.807) is 12.1 Å². The Morgan fingerprint density at radius 2 is 2.29 bits per heavy atom. The highest BCUT2D eigenvalue weighted by molar-refractivity contribution is 5.93. The SMILES string of the molecule is CC(CO)N(C)Cc1cccc(C(=O)NN)c1. The zero-order chi connectivity index (χ0) is 12.8. The molecule has 1 atom stereocenters. The van der Waals surface area contributed by atoms with Gasteiger partial charge in [-0.3, -0.25) is 15.1 Å². The standard InChI is InChI=1S/C12H19N3O2/c1-9(8-16)15(2)7-10-4-3-5-11(6-10)12(17)14-13/h3-6,9,16H,7-8,13H2,1-2H3,(H,14,17). The van der Waals surface area contributed by atoms with Gasteiger partial charge in [-0.15, -0.1) is 0 Å². The number of nitrogen functional groups attached to an aromatic ring is 1. The fourth-order valence-electron chi connectivity index (χ4n) is 1.48. The number of benzene rings is 1. The monoisotopic (exact) mass is 237 g/mol. The Morgan fingerprint density at radius 3 is 2.88 bits per heavy atom. The molecule has 0 saturated heterocycles. The number of rotatable bonds is 5. The number of nitrogens with one attached hydrogen (secondary N) is 1. The molecule has 0 heterocycles. The number of likely N-dealkylation sites (N-methyl/N-ethyl adjacent to an activating group) is 1. The molecule has 0 fully saturated rings. The van der Waals surface area contributed by atoms with Gasteiger partial charge in [0.1, 0.15) is 0 Å². The van der Waals surface area contributed by atoms with Gasteiger partial charge in [0.2, 0.25) is 0 Å². The van der Waals surface area contributed by atoms with E-state index in [-0.39, 0.29) is 18.6 Å². The zero-order valence-corrected chi connectivity index (χ0v) is 10.2. The first-order valence-corrected chi connectivity index (χ1v) is 5.49. The third kappa shape index (κ3) is 3.81. The van der Waals surface area contributed by atoms with E-state index < -0.39 is 0 Å². The lowest BCUT2D eigenvalue weighted by atomic mass is 10.1. The van der Waals surface area contributed by atoms with E-state index in [9.17, 15) is 4.79 Å². The van der Waals surface area contributed by atoms with Crippen LogP contribution in [0.4, 0.5) is 0 Å². The van der Waals surface area contributed by atoms with Gasteiger partial charge in [-0.2, -0.15) is 0 Å². The molecule has 0 aliphatic carbocycles. The molecule has 0 saturated carbocycles. The minimum absolute atomic E-state index is 0.0852. The number of hydrogen-bond donors (Lipinski definition) is 3. The first-order chi connectivity index (χ1) is 8.08. The molecule has 1 aromatic rings. The fraction of sp³-hybridized carbons (Fsp3) is 0.417. The highest BCUT2D eigenvalue weighted by Crippen LogP contribution is 2.09. The van der Waals surface area contributed by atoms with Crippen molar-refractivity contribution in [3.05, 3.63) is 35.4 Å². The second-order valence-electron chi connectivity index (χ2n) is 4.12. The summed E-state index contributed by atoms with van der Waals surface area (Å²) in [6.07, 6.45) is 0. The lowest BCUT2D eigenvalue weighted by Crippen LogP contribution is -2.32. The molecule has 0 aliphatic heterocycles. The van der Waals surface area contributed by atoms with Crippen LogP contribution in [0.3, 0.4) is 0 Å². The number of nitrogens with zero attached hydrogens (tertiary/aromatic N) is 1. The van der Waals surface area contributed by atoms with E-state index in [0.717, 1.165) is 5.56 Å². The van der Waals surface area contributed by atoms with Gasteiger partial charge in [-0.1, -0.05) is 12.1 Å². The number of aliphatic hydroxyl groups is 1. The summed E-state index contributed by atoms with van der Waals surface area (Å²) < 4.78 is 0. The Kier molecular flexibility index (Phi) is 5.09. The molecule has 4 N–H and O–H groups in total. The Bertz CT molecular complexity index is 382. The van der Waals surface area contributed by atoms with Gasteiger partial charge < -0.3 is 5.11 Å². The summed E-state index contributed by atoms with van der Waals surface area (Å²) in [6, 6.07) is 7.34.